The van der Waals surface area contributed by atoms with Gasteiger partial charge in [-0.3, -0.25) is 0 Å². The molecule has 86 valence electrons. The van der Waals surface area contributed by atoms with Gasteiger partial charge in [-0.05, 0) is 39.3 Å². The summed E-state index contributed by atoms with van der Waals surface area (Å²) in [6.45, 7) is 6.35. The Labute approximate surface area is 91.5 Å². The number of aryl methyl sites for hydroxylation is 1. The molecule has 15 heavy (non-hydrogen) atoms. The van der Waals surface area contributed by atoms with E-state index < -0.39 is 5.60 Å². The van der Waals surface area contributed by atoms with Crippen LogP contribution in [0.4, 0.5) is 0 Å². The average molecular weight is 211 g/mol. The van der Waals surface area contributed by atoms with Crippen molar-refractivity contribution in [2.45, 2.75) is 45.3 Å². The Morgan fingerprint density at radius 1 is 1.53 bits per heavy atom. The summed E-state index contributed by atoms with van der Waals surface area (Å²) in [4.78, 5) is 0. The molecule has 0 aliphatic carbocycles. The third-order valence-electron chi connectivity index (χ3n) is 2.29. The van der Waals surface area contributed by atoms with Gasteiger partial charge in [0.1, 0.15) is 5.76 Å². The second-order valence-electron chi connectivity index (χ2n) is 4.71. The van der Waals surface area contributed by atoms with Crippen molar-refractivity contribution in [2.24, 2.45) is 0 Å². The summed E-state index contributed by atoms with van der Waals surface area (Å²) < 4.78 is 5.25. The summed E-state index contributed by atoms with van der Waals surface area (Å²) in [5.41, 5.74) is -0.640. The van der Waals surface area contributed by atoms with E-state index in [9.17, 15) is 5.11 Å². The first kappa shape index (κ1) is 12.3. The fraction of sp³-hybridized carbons (Fsp3) is 0.667. The molecule has 0 fully saturated rings. The second kappa shape index (κ2) is 5.33. The maximum atomic E-state index is 9.54. The number of nitrogens with one attached hydrogen (secondary N) is 1. The van der Waals surface area contributed by atoms with E-state index in [1.54, 1.807) is 20.1 Å². The molecule has 3 heteroatoms. The number of hydrogen-bond acceptors (Lipinski definition) is 3. The molecule has 1 atom stereocenters. The monoisotopic (exact) mass is 211 g/mol. The van der Waals surface area contributed by atoms with Gasteiger partial charge in [-0.1, -0.05) is 0 Å². The Morgan fingerprint density at radius 2 is 2.27 bits per heavy atom. The van der Waals surface area contributed by atoms with Crippen molar-refractivity contribution in [2.75, 3.05) is 6.54 Å². The standard InChI is InChI=1S/C12H21NO2/c1-10(13-9-12(2,3)14)6-7-11-5-4-8-15-11/h4-5,8,10,13-14H,6-7,9H2,1-3H3. The molecule has 0 aromatic carbocycles. The lowest BCUT2D eigenvalue weighted by atomic mass is 10.1. The van der Waals surface area contributed by atoms with Crippen molar-refractivity contribution in [1.29, 1.82) is 0 Å². The van der Waals surface area contributed by atoms with Crippen LogP contribution in [0.5, 0.6) is 0 Å². The highest BCUT2D eigenvalue weighted by atomic mass is 16.3. The third kappa shape index (κ3) is 5.60. The van der Waals surface area contributed by atoms with E-state index >= 15 is 0 Å². The molecule has 1 unspecified atom stereocenters. The lowest BCUT2D eigenvalue weighted by Gasteiger charge is -2.21. The first-order valence-corrected chi connectivity index (χ1v) is 5.45. The second-order valence-corrected chi connectivity index (χ2v) is 4.71. The first-order valence-electron chi connectivity index (χ1n) is 5.45. The van der Waals surface area contributed by atoms with Crippen molar-refractivity contribution < 1.29 is 9.52 Å². The summed E-state index contributed by atoms with van der Waals surface area (Å²) >= 11 is 0. The molecular weight excluding hydrogens is 190 g/mol. The number of aliphatic hydroxyl groups is 1. The molecule has 0 saturated heterocycles. The molecule has 1 aromatic heterocycles. The molecule has 1 heterocycles. The van der Waals surface area contributed by atoms with Crippen LogP contribution in [-0.4, -0.2) is 23.3 Å². The van der Waals surface area contributed by atoms with E-state index in [0.29, 0.717) is 12.6 Å². The van der Waals surface area contributed by atoms with Crippen LogP contribution in [0, 0.1) is 0 Å². The number of rotatable bonds is 6. The Morgan fingerprint density at radius 3 is 2.80 bits per heavy atom. The summed E-state index contributed by atoms with van der Waals surface area (Å²) in [6, 6.07) is 4.29. The quantitative estimate of drug-likeness (QED) is 0.756. The van der Waals surface area contributed by atoms with Gasteiger partial charge >= 0.3 is 0 Å². The van der Waals surface area contributed by atoms with Gasteiger partial charge in [0, 0.05) is 19.0 Å². The highest BCUT2D eigenvalue weighted by Crippen LogP contribution is 2.06. The molecule has 0 amide bonds. The van der Waals surface area contributed by atoms with Crippen LogP contribution in [0.3, 0.4) is 0 Å². The van der Waals surface area contributed by atoms with Crippen LogP contribution >= 0.6 is 0 Å². The molecular formula is C12H21NO2. The largest absolute Gasteiger partial charge is 0.469 e. The summed E-state index contributed by atoms with van der Waals surface area (Å²) in [7, 11) is 0. The van der Waals surface area contributed by atoms with E-state index in [1.165, 1.54) is 0 Å². The molecule has 0 saturated carbocycles. The fourth-order valence-corrected chi connectivity index (χ4v) is 1.34. The molecule has 3 nitrogen and oxygen atoms in total. The topological polar surface area (TPSA) is 45.4 Å². The molecule has 2 N–H and O–H groups in total. The minimum Gasteiger partial charge on any atom is -0.469 e. The normalized spacial score (nSPS) is 14.1. The maximum Gasteiger partial charge on any atom is 0.103 e. The lowest BCUT2D eigenvalue weighted by Crippen LogP contribution is -2.39. The zero-order valence-electron chi connectivity index (χ0n) is 9.79. The lowest BCUT2D eigenvalue weighted by molar-refractivity contribution is 0.0767. The Hall–Kier alpha value is -0.800. The van der Waals surface area contributed by atoms with E-state index in [0.717, 1.165) is 18.6 Å². The van der Waals surface area contributed by atoms with Gasteiger partial charge in [0.05, 0.1) is 11.9 Å². The summed E-state index contributed by atoms with van der Waals surface area (Å²) in [6.07, 6.45) is 3.65. The van der Waals surface area contributed by atoms with Crippen molar-refractivity contribution >= 4 is 0 Å². The van der Waals surface area contributed by atoms with Crippen molar-refractivity contribution in [3.8, 4) is 0 Å². The zero-order chi connectivity index (χ0) is 11.3. The van der Waals surface area contributed by atoms with Crippen LogP contribution < -0.4 is 5.32 Å². The van der Waals surface area contributed by atoms with Crippen LogP contribution in [0.1, 0.15) is 33.0 Å². The van der Waals surface area contributed by atoms with Crippen LogP contribution in [0.25, 0.3) is 0 Å². The molecule has 0 aliphatic heterocycles. The molecule has 1 rings (SSSR count). The third-order valence-corrected chi connectivity index (χ3v) is 2.29. The van der Waals surface area contributed by atoms with Crippen molar-refractivity contribution in [3.63, 3.8) is 0 Å². The number of furan rings is 1. The van der Waals surface area contributed by atoms with Gasteiger partial charge in [-0.2, -0.15) is 0 Å². The molecule has 1 aromatic rings. The number of hydrogen-bond donors (Lipinski definition) is 2. The Balaban J connectivity index is 2.16. The maximum absolute atomic E-state index is 9.54. The van der Waals surface area contributed by atoms with Crippen molar-refractivity contribution in [1.82, 2.24) is 5.32 Å². The average Bonchev–Trinajstić information content (AvgIpc) is 2.62. The molecule has 0 radical (unpaired) electrons. The van der Waals surface area contributed by atoms with Crippen LogP contribution in [0.2, 0.25) is 0 Å². The SMILES string of the molecule is CC(CCc1ccco1)NCC(C)(C)O. The summed E-state index contributed by atoms with van der Waals surface area (Å²) in [5, 5.41) is 12.8. The van der Waals surface area contributed by atoms with Gasteiger partial charge in [0.25, 0.3) is 0 Å². The van der Waals surface area contributed by atoms with E-state index in [1.807, 2.05) is 12.1 Å². The predicted molar refractivity (Wildman–Crippen MR) is 60.8 cm³/mol. The summed E-state index contributed by atoms with van der Waals surface area (Å²) in [5.74, 6) is 1.02. The van der Waals surface area contributed by atoms with E-state index in [-0.39, 0.29) is 0 Å². The van der Waals surface area contributed by atoms with E-state index in [2.05, 4.69) is 12.2 Å². The molecule has 0 bridgehead atoms. The fourth-order valence-electron chi connectivity index (χ4n) is 1.34. The van der Waals surface area contributed by atoms with Crippen LogP contribution in [-0.2, 0) is 6.42 Å². The highest BCUT2D eigenvalue weighted by molar-refractivity contribution is 4.98. The van der Waals surface area contributed by atoms with Crippen molar-refractivity contribution in [3.05, 3.63) is 24.2 Å². The Bertz CT molecular complexity index is 262. The molecule has 0 aliphatic rings. The Kier molecular flexibility index (Phi) is 4.36. The van der Waals surface area contributed by atoms with Gasteiger partial charge in [-0.15, -0.1) is 0 Å². The zero-order valence-corrected chi connectivity index (χ0v) is 9.79. The van der Waals surface area contributed by atoms with Crippen LogP contribution in [0.15, 0.2) is 22.8 Å². The predicted octanol–water partition coefficient (Wildman–Crippen LogP) is 1.96. The minimum atomic E-state index is -0.640. The smallest absolute Gasteiger partial charge is 0.103 e. The van der Waals surface area contributed by atoms with Gasteiger partial charge in [0.15, 0.2) is 0 Å². The first-order chi connectivity index (χ1) is 6.97. The minimum absolute atomic E-state index is 0.390. The van der Waals surface area contributed by atoms with Gasteiger partial charge in [0.2, 0.25) is 0 Å². The highest BCUT2D eigenvalue weighted by Gasteiger charge is 2.13. The van der Waals surface area contributed by atoms with Gasteiger partial charge in [-0.25, -0.2) is 0 Å². The van der Waals surface area contributed by atoms with Gasteiger partial charge < -0.3 is 14.8 Å². The molecule has 0 spiro atoms. The van der Waals surface area contributed by atoms with E-state index in [4.69, 9.17) is 4.42 Å².